The van der Waals surface area contributed by atoms with Crippen LogP contribution in [0.25, 0.3) is 16.6 Å². The molecule has 8 heteroatoms. The number of pyridine rings is 1. The third-order valence-electron chi connectivity index (χ3n) is 4.30. The number of nitrogens with zero attached hydrogens (tertiary/aromatic N) is 1. The number of nitrogens with one attached hydrogen (secondary N) is 2. The smallest absolute Gasteiger partial charge is 0.253 e. The molecular weight excluding hydrogens is 354 g/mol. The van der Waals surface area contributed by atoms with E-state index < -0.39 is 16.1 Å². The summed E-state index contributed by atoms with van der Waals surface area (Å²) in [5.41, 5.74) is 5.08. The van der Waals surface area contributed by atoms with Crippen LogP contribution in [0.3, 0.4) is 0 Å². The molecule has 0 aliphatic carbocycles. The Morgan fingerprint density at radius 1 is 1.19 bits per heavy atom. The number of aromatic nitrogens is 1. The van der Waals surface area contributed by atoms with Crippen molar-refractivity contribution in [1.82, 2.24) is 14.8 Å². The third-order valence-corrected chi connectivity index (χ3v) is 5.33. The van der Waals surface area contributed by atoms with Gasteiger partial charge >= 0.3 is 0 Å². The summed E-state index contributed by atoms with van der Waals surface area (Å²) in [6, 6.07) is 10.1. The number of furan rings is 1. The van der Waals surface area contributed by atoms with Gasteiger partial charge in [-0.05, 0) is 48.7 Å². The highest BCUT2D eigenvalue weighted by molar-refractivity contribution is 7.88. The zero-order valence-corrected chi connectivity index (χ0v) is 15.0. The molecule has 0 bridgehead atoms. The van der Waals surface area contributed by atoms with Crippen molar-refractivity contribution in [2.24, 2.45) is 0 Å². The minimum atomic E-state index is -3.63. The third kappa shape index (κ3) is 2.83. The summed E-state index contributed by atoms with van der Waals surface area (Å²) in [5.74, 6) is 0.495. The van der Waals surface area contributed by atoms with Gasteiger partial charge in [-0.15, -0.1) is 4.41 Å². The molecule has 1 aliphatic heterocycles. The van der Waals surface area contributed by atoms with Crippen molar-refractivity contribution in [3.63, 3.8) is 0 Å². The molecule has 0 radical (unpaired) electrons. The molecule has 3 heterocycles. The maximum atomic E-state index is 12.6. The van der Waals surface area contributed by atoms with Crippen LogP contribution in [0.5, 0.6) is 0 Å². The summed E-state index contributed by atoms with van der Waals surface area (Å²) in [4.78, 5) is 15.4. The highest BCUT2D eigenvalue weighted by Crippen LogP contribution is 2.32. The van der Waals surface area contributed by atoms with Crippen molar-refractivity contribution < 1.29 is 12.8 Å². The van der Waals surface area contributed by atoms with E-state index in [0.717, 1.165) is 21.6 Å². The van der Waals surface area contributed by atoms with E-state index in [9.17, 15) is 13.2 Å². The van der Waals surface area contributed by atoms with E-state index in [4.69, 9.17) is 4.42 Å². The number of aromatic amines is 1. The summed E-state index contributed by atoms with van der Waals surface area (Å²) in [7, 11) is -3.63. The van der Waals surface area contributed by atoms with Crippen molar-refractivity contribution in [1.29, 1.82) is 0 Å². The van der Waals surface area contributed by atoms with Crippen LogP contribution in [0.2, 0.25) is 0 Å². The maximum Gasteiger partial charge on any atom is 0.253 e. The van der Waals surface area contributed by atoms with Crippen LogP contribution in [0.15, 0.2) is 57.9 Å². The summed E-state index contributed by atoms with van der Waals surface area (Å²) >= 11 is 0. The number of sulfonamides is 1. The van der Waals surface area contributed by atoms with Crippen molar-refractivity contribution >= 4 is 26.6 Å². The van der Waals surface area contributed by atoms with Gasteiger partial charge in [-0.3, -0.25) is 4.79 Å². The SMILES string of the molecule is Cc1ccc2[nH]c(=O)c([C@@H]3C=C(c4ccco4)NN3S(C)(=O)=O)cc2c1. The minimum absolute atomic E-state index is 0.334. The average Bonchev–Trinajstić information content (AvgIpc) is 3.23. The van der Waals surface area contributed by atoms with Crippen LogP contribution >= 0.6 is 0 Å². The number of rotatable bonds is 3. The van der Waals surface area contributed by atoms with E-state index in [-0.39, 0.29) is 5.56 Å². The van der Waals surface area contributed by atoms with Gasteiger partial charge in [0.15, 0.2) is 5.76 Å². The maximum absolute atomic E-state index is 12.6. The van der Waals surface area contributed by atoms with Crippen LogP contribution in [0.1, 0.15) is 22.9 Å². The highest BCUT2D eigenvalue weighted by Gasteiger charge is 2.35. The number of aryl methyl sites for hydroxylation is 1. The van der Waals surface area contributed by atoms with Crippen molar-refractivity contribution in [3.05, 3.63) is 76.0 Å². The fraction of sp³-hybridized carbons (Fsp3) is 0.167. The predicted octanol–water partition coefficient (Wildman–Crippen LogP) is 2.29. The Balaban J connectivity index is 1.89. The van der Waals surface area contributed by atoms with Crippen LogP contribution in [0, 0.1) is 6.92 Å². The van der Waals surface area contributed by atoms with Gasteiger partial charge in [0, 0.05) is 11.1 Å². The Morgan fingerprint density at radius 3 is 2.69 bits per heavy atom. The number of benzene rings is 1. The van der Waals surface area contributed by atoms with Crippen molar-refractivity contribution in [3.8, 4) is 0 Å². The number of fused-ring (bicyclic) bond motifs is 1. The van der Waals surface area contributed by atoms with E-state index in [2.05, 4.69) is 10.4 Å². The normalized spacial score (nSPS) is 18.1. The first-order valence-corrected chi connectivity index (χ1v) is 9.83. The fourth-order valence-electron chi connectivity index (χ4n) is 3.09. The summed E-state index contributed by atoms with van der Waals surface area (Å²) in [5, 5.41) is 0.841. The average molecular weight is 371 g/mol. The Kier molecular flexibility index (Phi) is 3.74. The second-order valence-corrected chi connectivity index (χ2v) is 8.18. The van der Waals surface area contributed by atoms with Gasteiger partial charge in [-0.25, -0.2) is 8.42 Å². The van der Waals surface area contributed by atoms with Gasteiger partial charge in [0.05, 0.1) is 24.3 Å². The first-order chi connectivity index (χ1) is 12.3. The molecule has 0 spiro atoms. The van der Waals surface area contributed by atoms with Crippen molar-refractivity contribution in [2.75, 3.05) is 6.26 Å². The summed E-state index contributed by atoms with van der Waals surface area (Å²) in [6.45, 7) is 1.96. The molecule has 7 nitrogen and oxygen atoms in total. The van der Waals surface area contributed by atoms with Crippen LogP contribution in [0.4, 0.5) is 0 Å². The fourth-order valence-corrected chi connectivity index (χ4v) is 3.94. The number of H-pyrrole nitrogens is 1. The second kappa shape index (κ2) is 5.86. The van der Waals surface area contributed by atoms with Gasteiger partial charge < -0.3 is 14.8 Å². The molecule has 0 fully saturated rings. The molecule has 26 heavy (non-hydrogen) atoms. The molecule has 1 aliphatic rings. The Bertz CT molecular complexity index is 1180. The molecule has 0 amide bonds. The topological polar surface area (TPSA) is 95.4 Å². The zero-order chi connectivity index (χ0) is 18.5. The van der Waals surface area contributed by atoms with Crippen LogP contribution in [-0.4, -0.2) is 24.1 Å². The zero-order valence-electron chi connectivity index (χ0n) is 14.2. The van der Waals surface area contributed by atoms with Crippen LogP contribution < -0.4 is 11.0 Å². The Hall–Kier alpha value is -2.84. The summed E-state index contributed by atoms with van der Waals surface area (Å²) in [6.07, 6.45) is 4.26. The lowest BCUT2D eigenvalue weighted by Gasteiger charge is -2.22. The minimum Gasteiger partial charge on any atom is -0.463 e. The summed E-state index contributed by atoms with van der Waals surface area (Å²) < 4.78 is 30.9. The van der Waals surface area contributed by atoms with E-state index in [0.29, 0.717) is 22.5 Å². The molecule has 0 saturated carbocycles. The van der Waals surface area contributed by atoms with E-state index >= 15 is 0 Å². The first-order valence-electron chi connectivity index (χ1n) is 7.98. The Morgan fingerprint density at radius 2 is 2.00 bits per heavy atom. The molecule has 2 N–H and O–H groups in total. The van der Waals surface area contributed by atoms with Gasteiger partial charge in [0.1, 0.15) is 0 Å². The Labute approximate surface area is 150 Å². The monoisotopic (exact) mass is 371 g/mol. The number of hydrogen-bond acceptors (Lipinski definition) is 5. The van der Waals surface area contributed by atoms with E-state index in [1.54, 1.807) is 24.3 Å². The van der Waals surface area contributed by atoms with Gasteiger partial charge in [-0.1, -0.05) is 11.6 Å². The van der Waals surface area contributed by atoms with Crippen LogP contribution in [-0.2, 0) is 10.0 Å². The van der Waals surface area contributed by atoms with Gasteiger partial charge in [0.25, 0.3) is 5.56 Å². The molecule has 134 valence electrons. The second-order valence-electron chi connectivity index (χ2n) is 6.32. The molecule has 2 aromatic heterocycles. The lowest BCUT2D eigenvalue weighted by molar-refractivity contribution is 0.347. The van der Waals surface area contributed by atoms with Crippen molar-refractivity contribution in [2.45, 2.75) is 13.0 Å². The largest absolute Gasteiger partial charge is 0.463 e. The highest BCUT2D eigenvalue weighted by atomic mass is 32.2. The van der Waals surface area contributed by atoms with Gasteiger partial charge in [0.2, 0.25) is 10.0 Å². The lowest BCUT2D eigenvalue weighted by Crippen LogP contribution is -2.40. The first kappa shape index (κ1) is 16.6. The number of hydrazine groups is 1. The molecule has 0 saturated heterocycles. The van der Waals surface area contributed by atoms with Gasteiger partial charge in [-0.2, -0.15) is 0 Å². The number of hydrogen-bond donors (Lipinski definition) is 2. The van der Waals surface area contributed by atoms with E-state index in [1.807, 2.05) is 25.1 Å². The quantitative estimate of drug-likeness (QED) is 0.736. The molecule has 3 aromatic rings. The molecule has 1 atom stereocenters. The molecule has 4 rings (SSSR count). The molecule has 0 unspecified atom stereocenters. The standard InChI is InChI=1S/C18H17N3O4S/c1-11-5-6-14-12(8-11)9-13(18(22)19-14)16-10-15(17-4-3-7-25-17)20-21(16)26(2,23)24/h3-10,16,20H,1-2H3,(H,19,22)/t16-/m0/s1. The lowest BCUT2D eigenvalue weighted by atomic mass is 10.0. The molecular formula is C18H17N3O4S. The molecule has 1 aromatic carbocycles. The predicted molar refractivity (Wildman–Crippen MR) is 98.6 cm³/mol. The van der Waals surface area contributed by atoms with E-state index in [1.165, 1.54) is 6.26 Å².